The number of anilines is 2. The molecule has 0 aromatic carbocycles. The first-order valence-electron chi connectivity index (χ1n) is 19.4. The number of alkyl carbamates (subject to hydrolysis) is 1. The van der Waals surface area contributed by atoms with Crippen molar-refractivity contribution in [2.45, 2.75) is 119 Å². The minimum atomic E-state index is -5.28. The summed E-state index contributed by atoms with van der Waals surface area (Å²) in [6.07, 6.45) is -8.80. The van der Waals surface area contributed by atoms with Crippen LogP contribution in [0.5, 0.6) is 0 Å². The number of esters is 1. The number of aromatic nitrogens is 6. The number of nitrogens with zero attached hydrogens (tertiary/aromatic N) is 9. The Bertz CT molecular complexity index is 2370. The molecule has 2 aliphatic rings. The number of hydrogen-bond donors (Lipinski definition) is 7. The van der Waals surface area contributed by atoms with Crippen molar-refractivity contribution in [3.63, 3.8) is 0 Å². The van der Waals surface area contributed by atoms with Crippen LogP contribution < -0.4 is 22.5 Å². The van der Waals surface area contributed by atoms with E-state index < -0.39 is 106 Å². The van der Waals surface area contributed by atoms with Crippen molar-refractivity contribution < 1.29 is 71.0 Å². The minimum absolute atomic E-state index is 0.0172. The molecule has 2 aliphatic heterocycles. The summed E-state index contributed by atoms with van der Waals surface area (Å²) in [7, 11) is -7.65. The van der Waals surface area contributed by atoms with E-state index in [-0.39, 0.29) is 46.9 Å². The smallest absolute Gasteiger partial charge is 0.455 e. The Morgan fingerprint density at radius 3 is 2.43 bits per heavy atom. The van der Waals surface area contributed by atoms with Gasteiger partial charge in [-0.05, 0) is 38.8 Å². The highest BCUT2D eigenvalue weighted by molar-refractivity contribution is 8.77. The molecule has 65 heavy (non-hydrogen) atoms. The standard InChI is InChI=1S/C33H50N12O16P2S2/c1-32(2,3)60-31(49)41-17(9-16(11-40-43-36)64-65-33(4,5)6)29(47)59-25-20(58-28(24(25)46)45-15-39-23-26(35)37-14-38-27(23)45)13-56-63(53,54)61-18-10-22(44-8-7-21(34)42-30(44)48)57-19(18)12-55-62(50,51)52/h7-8,14-20,22,24-25,28,46H,9-13H2,1-6H3,(H,41,49)(H,53,54)(H2,34,42,48)(H2,35,37,38)(H2,50,51,52)/t16?,17?,18-,19+,20+,22+,24+,25+,28+/m0/s1. The van der Waals surface area contributed by atoms with Crippen molar-refractivity contribution >= 4 is 72.1 Å². The number of hydrogen-bond acceptors (Lipinski definition) is 22. The predicted octanol–water partition coefficient (Wildman–Crippen LogP) is 2.46. The fourth-order valence-electron chi connectivity index (χ4n) is 6.23. The molecular weight excluding hydrogens is 947 g/mol. The molecule has 28 nitrogen and oxygen atoms in total. The molecule has 0 bridgehead atoms. The van der Waals surface area contributed by atoms with Gasteiger partial charge in [0.1, 0.15) is 59.9 Å². The Morgan fingerprint density at radius 2 is 1.78 bits per heavy atom. The fourth-order valence-corrected chi connectivity index (χ4v) is 10.0. The van der Waals surface area contributed by atoms with Gasteiger partial charge in [0, 0.05) is 34.1 Å². The molecule has 0 aliphatic carbocycles. The van der Waals surface area contributed by atoms with Gasteiger partial charge in [-0.3, -0.25) is 22.7 Å². The summed E-state index contributed by atoms with van der Waals surface area (Å²) in [5, 5.41) is 17.4. The number of ether oxygens (including phenoxy) is 4. The van der Waals surface area contributed by atoms with Crippen LogP contribution in [0.2, 0.25) is 0 Å². The highest BCUT2D eigenvalue weighted by atomic mass is 33.1. The van der Waals surface area contributed by atoms with Gasteiger partial charge in [0.25, 0.3) is 0 Å². The number of fused-ring (bicyclic) bond motifs is 1. The number of carbonyl (C=O) groups is 2. The quantitative estimate of drug-likeness (QED) is 0.0226. The molecule has 3 aromatic rings. The molecule has 5 heterocycles. The molecule has 3 unspecified atom stereocenters. The summed E-state index contributed by atoms with van der Waals surface area (Å²) in [5.74, 6) is -1.26. The summed E-state index contributed by atoms with van der Waals surface area (Å²) < 4.78 is 65.5. The second-order valence-corrected chi connectivity index (χ2v) is 22.4. The van der Waals surface area contributed by atoms with E-state index in [0.717, 1.165) is 10.9 Å². The third-order valence-electron chi connectivity index (χ3n) is 8.90. The van der Waals surface area contributed by atoms with Crippen LogP contribution in [0.25, 0.3) is 21.6 Å². The maximum atomic E-state index is 14.2. The molecule has 10 atom stereocenters. The van der Waals surface area contributed by atoms with E-state index in [9.17, 15) is 43.3 Å². The summed E-state index contributed by atoms with van der Waals surface area (Å²) >= 11 is 0. The maximum Gasteiger partial charge on any atom is 0.472 e. The average Bonchev–Trinajstić information content (AvgIpc) is 3.88. The van der Waals surface area contributed by atoms with E-state index in [1.54, 1.807) is 20.8 Å². The molecule has 0 spiro atoms. The molecule has 3 aromatic heterocycles. The van der Waals surface area contributed by atoms with Gasteiger partial charge >= 0.3 is 33.4 Å². The highest BCUT2D eigenvalue weighted by Crippen LogP contribution is 2.50. The fraction of sp³-hybridized carbons (Fsp3) is 0.667. The largest absolute Gasteiger partial charge is 0.472 e. The van der Waals surface area contributed by atoms with Gasteiger partial charge in [-0.15, -0.1) is 0 Å². The van der Waals surface area contributed by atoms with E-state index in [1.807, 2.05) is 20.8 Å². The Balaban J connectivity index is 1.42. The number of carbonyl (C=O) groups excluding carboxylic acids is 2. The van der Waals surface area contributed by atoms with Crippen LogP contribution in [0.1, 0.15) is 66.8 Å². The van der Waals surface area contributed by atoms with Crippen molar-refractivity contribution in [1.29, 1.82) is 0 Å². The molecule has 0 saturated carbocycles. The number of nitrogens with two attached hydrogens (primary N) is 2. The van der Waals surface area contributed by atoms with Crippen molar-refractivity contribution in [1.82, 2.24) is 34.4 Å². The molecular formula is C33H50N12O16P2S2. The van der Waals surface area contributed by atoms with E-state index in [1.165, 1.54) is 44.7 Å². The summed E-state index contributed by atoms with van der Waals surface area (Å²) in [4.78, 5) is 88.3. The van der Waals surface area contributed by atoms with Gasteiger partial charge in [-0.1, -0.05) is 47.5 Å². The van der Waals surface area contributed by atoms with Gasteiger partial charge in [-0.2, -0.15) is 4.98 Å². The third-order valence-corrected chi connectivity index (χ3v) is 14.2. The van der Waals surface area contributed by atoms with Crippen LogP contribution in [-0.4, -0.2) is 133 Å². The van der Waals surface area contributed by atoms with Crippen molar-refractivity contribution in [3.8, 4) is 0 Å². The van der Waals surface area contributed by atoms with Crippen LogP contribution >= 0.6 is 37.2 Å². The molecule has 1 amide bonds. The number of azide groups is 1. The zero-order valence-corrected chi connectivity index (χ0v) is 39.0. The molecule has 2 saturated heterocycles. The predicted molar refractivity (Wildman–Crippen MR) is 230 cm³/mol. The van der Waals surface area contributed by atoms with Crippen LogP contribution in [0.4, 0.5) is 16.4 Å². The maximum absolute atomic E-state index is 14.2. The Morgan fingerprint density at radius 1 is 1.08 bits per heavy atom. The lowest BCUT2D eigenvalue weighted by Crippen LogP contribution is -2.49. The number of aliphatic hydroxyl groups is 1. The second-order valence-electron chi connectivity index (χ2n) is 16.4. The molecule has 0 radical (unpaired) electrons. The second kappa shape index (κ2) is 21.2. The molecule has 32 heteroatoms. The van der Waals surface area contributed by atoms with Crippen LogP contribution in [0, 0.1) is 0 Å². The Kier molecular flexibility index (Phi) is 16.9. The van der Waals surface area contributed by atoms with Crippen LogP contribution in [0.15, 0.2) is 34.8 Å². The number of aliphatic hydroxyl groups excluding tert-OH is 1. The van der Waals surface area contributed by atoms with E-state index in [4.69, 9.17) is 45.0 Å². The van der Waals surface area contributed by atoms with E-state index in [2.05, 4.69) is 39.8 Å². The summed E-state index contributed by atoms with van der Waals surface area (Å²) in [5.41, 5.74) is 19.0. The lowest BCUT2D eigenvalue weighted by molar-refractivity contribution is -0.159. The first-order valence-corrected chi connectivity index (χ1v) is 24.6. The monoisotopic (exact) mass is 996 g/mol. The number of amides is 1. The van der Waals surface area contributed by atoms with Crippen molar-refractivity contribution in [2.24, 2.45) is 5.11 Å². The van der Waals surface area contributed by atoms with Crippen LogP contribution in [-0.2, 0) is 46.4 Å². The number of nitrogens with one attached hydrogen (secondary N) is 1. The topological polar surface area (TPSA) is 405 Å². The summed E-state index contributed by atoms with van der Waals surface area (Å²) in [6, 6.07) is -0.228. The van der Waals surface area contributed by atoms with E-state index >= 15 is 0 Å². The number of nitrogen functional groups attached to an aromatic ring is 2. The molecule has 9 N–H and O–H groups in total. The normalized spacial score (nSPS) is 24.5. The van der Waals surface area contributed by atoms with E-state index in [0.29, 0.717) is 0 Å². The van der Waals surface area contributed by atoms with Gasteiger partial charge in [0.05, 0.1) is 19.5 Å². The minimum Gasteiger partial charge on any atom is -0.455 e. The highest BCUT2D eigenvalue weighted by Gasteiger charge is 2.50. The Labute approximate surface area is 377 Å². The molecule has 2 fully saturated rings. The number of phosphoric acid groups is 2. The third kappa shape index (κ3) is 14.9. The van der Waals surface area contributed by atoms with Crippen LogP contribution in [0.3, 0.4) is 0 Å². The molecule has 360 valence electrons. The van der Waals surface area contributed by atoms with Gasteiger partial charge in [0.15, 0.2) is 23.8 Å². The van der Waals surface area contributed by atoms with Crippen molar-refractivity contribution in [2.75, 3.05) is 31.2 Å². The molecule has 5 rings (SSSR count). The Hall–Kier alpha value is -4.12. The first-order chi connectivity index (χ1) is 30.2. The van der Waals surface area contributed by atoms with Gasteiger partial charge < -0.3 is 55.5 Å². The number of imidazole rings is 1. The zero-order valence-electron chi connectivity index (χ0n) is 35.6. The SMILES string of the molecule is CC(C)(C)OC(=O)NC(CC(CN=[N+]=[N-])SSC(C)(C)C)C(=O)O[C@H]1[C@@H](O)[C@H](n2cnc3c(N)ncnc32)O[C@@H]1COP(=O)(O)O[C@H]1C[C@H](n2ccc(N)nc2=O)O[C@@H]1COP(=O)(O)O. The number of phosphoric ester groups is 2. The summed E-state index contributed by atoms with van der Waals surface area (Å²) in [6.45, 7) is 8.73. The first kappa shape index (κ1) is 51.9. The number of rotatable bonds is 19. The zero-order chi connectivity index (χ0) is 48.1. The van der Waals surface area contributed by atoms with Crippen molar-refractivity contribution in [3.05, 3.63) is 45.8 Å². The van der Waals surface area contributed by atoms with Gasteiger partial charge in [-0.25, -0.2) is 38.5 Å². The lowest BCUT2D eigenvalue weighted by atomic mass is 10.1. The lowest BCUT2D eigenvalue weighted by Gasteiger charge is -2.28. The average molecular weight is 997 g/mol. The van der Waals surface area contributed by atoms with Gasteiger partial charge in [0.2, 0.25) is 0 Å².